The Hall–Kier alpha value is -2.63. The van der Waals surface area contributed by atoms with Gasteiger partial charge in [0.1, 0.15) is 5.75 Å². The molecule has 2 heterocycles. The smallest absolute Gasteiger partial charge is 0.226 e. The molecule has 1 aliphatic heterocycles. The number of hydrogen-bond acceptors (Lipinski definition) is 5. The number of nitrogens with two attached hydrogens (primary N) is 1. The number of nitrogens with zero attached hydrogens (tertiary/aromatic N) is 3. The lowest BCUT2D eigenvalue weighted by molar-refractivity contribution is -0.139. The minimum Gasteiger partial charge on any atom is -0.497 e. The minimum atomic E-state index is -0.0478. The maximum atomic E-state index is 13.2. The van der Waals surface area contributed by atoms with Crippen LogP contribution in [0.4, 0.5) is 5.95 Å². The molecule has 28 heavy (non-hydrogen) atoms. The molecule has 0 bridgehead atoms. The van der Waals surface area contributed by atoms with Gasteiger partial charge in [0.25, 0.3) is 0 Å². The third-order valence-electron chi connectivity index (χ3n) is 6.02. The number of carbonyl (C=O) groups is 1. The molecular formula is C22H28N4O2. The van der Waals surface area contributed by atoms with E-state index in [0.717, 1.165) is 74.1 Å². The monoisotopic (exact) mass is 380 g/mol. The fourth-order valence-electron chi connectivity index (χ4n) is 4.56. The standard InChI is InChI=1S/C22H28N4O2/c1-28-17-10-6-9-16(13-17)18-14-24-22(23)25-20(18)19-11-4-5-12-26(19)21(27)15-7-2-3-8-15/h6,9-10,13-15,19H,2-5,7-8,11-12H2,1H3,(H2,23,24,25)/t19-/m0/s1. The number of aromatic nitrogens is 2. The zero-order valence-electron chi connectivity index (χ0n) is 16.4. The second-order valence-corrected chi connectivity index (χ2v) is 7.78. The van der Waals surface area contributed by atoms with Crippen LogP contribution in [0.15, 0.2) is 30.5 Å². The number of hydrogen-bond donors (Lipinski definition) is 1. The molecule has 2 aromatic rings. The summed E-state index contributed by atoms with van der Waals surface area (Å²) in [5, 5.41) is 0. The molecule has 1 amide bonds. The van der Waals surface area contributed by atoms with E-state index in [2.05, 4.69) is 14.9 Å². The van der Waals surface area contributed by atoms with Crippen molar-refractivity contribution in [3.63, 3.8) is 0 Å². The molecule has 1 saturated heterocycles. The van der Waals surface area contributed by atoms with Crippen molar-refractivity contribution in [2.75, 3.05) is 19.4 Å². The first-order valence-corrected chi connectivity index (χ1v) is 10.2. The van der Waals surface area contributed by atoms with Gasteiger partial charge in [-0.1, -0.05) is 25.0 Å². The summed E-state index contributed by atoms with van der Waals surface area (Å²) in [6.07, 6.45) is 9.15. The van der Waals surface area contributed by atoms with Crippen molar-refractivity contribution >= 4 is 11.9 Å². The van der Waals surface area contributed by atoms with Crippen LogP contribution in [0.5, 0.6) is 5.75 Å². The fourth-order valence-corrected chi connectivity index (χ4v) is 4.56. The van der Waals surface area contributed by atoms with Gasteiger partial charge in [-0.3, -0.25) is 4.79 Å². The number of rotatable bonds is 4. The van der Waals surface area contributed by atoms with Gasteiger partial charge in [-0.2, -0.15) is 0 Å². The molecule has 2 aliphatic rings. The third-order valence-corrected chi connectivity index (χ3v) is 6.02. The highest BCUT2D eigenvalue weighted by Gasteiger charge is 2.35. The normalized spacial score (nSPS) is 20.3. The quantitative estimate of drug-likeness (QED) is 0.868. The summed E-state index contributed by atoms with van der Waals surface area (Å²) < 4.78 is 5.38. The highest BCUT2D eigenvalue weighted by Crippen LogP contribution is 2.39. The first kappa shape index (κ1) is 18.7. The van der Waals surface area contributed by atoms with Crippen molar-refractivity contribution < 1.29 is 9.53 Å². The van der Waals surface area contributed by atoms with Crippen molar-refractivity contribution in [1.82, 2.24) is 14.9 Å². The van der Waals surface area contributed by atoms with Crippen LogP contribution in [0.1, 0.15) is 56.7 Å². The van der Waals surface area contributed by atoms with Gasteiger partial charge in [-0.05, 0) is 49.8 Å². The zero-order valence-corrected chi connectivity index (χ0v) is 16.4. The lowest BCUT2D eigenvalue weighted by Crippen LogP contribution is -2.42. The van der Waals surface area contributed by atoms with Crippen LogP contribution in [0, 0.1) is 5.92 Å². The second kappa shape index (κ2) is 8.17. The molecule has 4 rings (SSSR count). The fraction of sp³-hybridized carbons (Fsp3) is 0.500. The van der Waals surface area contributed by atoms with Gasteiger partial charge in [0.15, 0.2) is 0 Å². The predicted octanol–water partition coefficient (Wildman–Crippen LogP) is 3.98. The summed E-state index contributed by atoms with van der Waals surface area (Å²) in [5.41, 5.74) is 8.72. The van der Waals surface area contributed by atoms with E-state index >= 15 is 0 Å². The van der Waals surface area contributed by atoms with Gasteiger partial charge in [0.05, 0.1) is 18.8 Å². The molecule has 6 nitrogen and oxygen atoms in total. The van der Waals surface area contributed by atoms with Gasteiger partial charge in [0.2, 0.25) is 11.9 Å². The molecule has 2 N–H and O–H groups in total. The number of nitrogen functional groups attached to an aromatic ring is 1. The van der Waals surface area contributed by atoms with Gasteiger partial charge >= 0.3 is 0 Å². The van der Waals surface area contributed by atoms with E-state index in [1.165, 1.54) is 0 Å². The molecule has 6 heteroatoms. The maximum absolute atomic E-state index is 13.2. The van der Waals surface area contributed by atoms with Gasteiger partial charge < -0.3 is 15.4 Å². The lowest BCUT2D eigenvalue weighted by Gasteiger charge is -2.37. The Bertz CT molecular complexity index is 848. The Morgan fingerprint density at radius 3 is 2.75 bits per heavy atom. The Labute approximate surface area is 166 Å². The molecule has 148 valence electrons. The number of benzene rings is 1. The second-order valence-electron chi connectivity index (χ2n) is 7.78. The Morgan fingerprint density at radius 2 is 1.96 bits per heavy atom. The molecule has 1 atom stereocenters. The average molecular weight is 380 g/mol. The number of anilines is 1. The average Bonchev–Trinajstić information content (AvgIpc) is 3.28. The summed E-state index contributed by atoms with van der Waals surface area (Å²) in [4.78, 5) is 24.2. The van der Waals surface area contributed by atoms with E-state index in [1.807, 2.05) is 24.3 Å². The summed E-state index contributed by atoms with van der Waals surface area (Å²) in [7, 11) is 1.66. The van der Waals surface area contributed by atoms with Gasteiger partial charge in [-0.25, -0.2) is 9.97 Å². The van der Waals surface area contributed by atoms with Crippen LogP contribution >= 0.6 is 0 Å². The summed E-state index contributed by atoms with van der Waals surface area (Å²) in [6.45, 7) is 0.793. The van der Waals surface area contributed by atoms with Crippen LogP contribution in [0.25, 0.3) is 11.1 Å². The highest BCUT2D eigenvalue weighted by molar-refractivity contribution is 5.80. The minimum absolute atomic E-state index is 0.0478. The van der Waals surface area contributed by atoms with Crippen molar-refractivity contribution in [1.29, 1.82) is 0 Å². The first-order valence-electron chi connectivity index (χ1n) is 10.2. The van der Waals surface area contributed by atoms with E-state index < -0.39 is 0 Å². The SMILES string of the molecule is COc1cccc(-c2cnc(N)nc2[C@@H]2CCCCN2C(=O)C2CCCC2)c1. The molecule has 1 aromatic heterocycles. The highest BCUT2D eigenvalue weighted by atomic mass is 16.5. The number of amides is 1. The topological polar surface area (TPSA) is 81.3 Å². The van der Waals surface area contributed by atoms with E-state index in [-0.39, 0.29) is 23.8 Å². The number of methoxy groups -OCH3 is 1. The van der Waals surface area contributed by atoms with Gasteiger partial charge in [-0.15, -0.1) is 0 Å². The lowest BCUT2D eigenvalue weighted by atomic mass is 9.92. The molecule has 1 saturated carbocycles. The largest absolute Gasteiger partial charge is 0.497 e. The zero-order chi connectivity index (χ0) is 19.5. The number of carbonyl (C=O) groups excluding carboxylic acids is 1. The molecule has 0 spiro atoms. The van der Waals surface area contributed by atoms with Crippen LogP contribution < -0.4 is 10.5 Å². The number of ether oxygens (including phenoxy) is 1. The summed E-state index contributed by atoms with van der Waals surface area (Å²) in [5.74, 6) is 1.49. The van der Waals surface area contributed by atoms with Crippen LogP contribution in [0.2, 0.25) is 0 Å². The van der Waals surface area contributed by atoms with Crippen molar-refractivity contribution in [2.24, 2.45) is 5.92 Å². The summed E-state index contributed by atoms with van der Waals surface area (Å²) >= 11 is 0. The molecule has 0 radical (unpaired) electrons. The first-order chi connectivity index (χ1) is 13.7. The molecule has 1 aliphatic carbocycles. The Kier molecular flexibility index (Phi) is 5.46. The molecular weight excluding hydrogens is 352 g/mol. The Morgan fingerprint density at radius 1 is 1.18 bits per heavy atom. The van der Waals surface area contributed by atoms with Crippen LogP contribution in [0.3, 0.4) is 0 Å². The molecule has 0 unspecified atom stereocenters. The maximum Gasteiger partial charge on any atom is 0.226 e. The van der Waals surface area contributed by atoms with Crippen molar-refractivity contribution in [2.45, 2.75) is 51.0 Å². The van der Waals surface area contributed by atoms with E-state index in [1.54, 1.807) is 13.3 Å². The van der Waals surface area contributed by atoms with E-state index in [9.17, 15) is 4.79 Å². The van der Waals surface area contributed by atoms with Crippen molar-refractivity contribution in [3.8, 4) is 16.9 Å². The van der Waals surface area contributed by atoms with Crippen LogP contribution in [-0.2, 0) is 4.79 Å². The predicted molar refractivity (Wildman–Crippen MR) is 109 cm³/mol. The number of likely N-dealkylation sites (tertiary alicyclic amines) is 1. The van der Waals surface area contributed by atoms with Crippen molar-refractivity contribution in [3.05, 3.63) is 36.2 Å². The summed E-state index contributed by atoms with van der Waals surface area (Å²) in [6, 6.07) is 7.82. The number of piperidine rings is 1. The molecule has 2 fully saturated rings. The molecule has 1 aromatic carbocycles. The van der Waals surface area contributed by atoms with Gasteiger partial charge in [0, 0.05) is 24.2 Å². The third kappa shape index (κ3) is 3.68. The Balaban J connectivity index is 1.73. The van der Waals surface area contributed by atoms with E-state index in [0.29, 0.717) is 0 Å². The van der Waals surface area contributed by atoms with E-state index in [4.69, 9.17) is 10.5 Å². The van der Waals surface area contributed by atoms with Crippen LogP contribution in [-0.4, -0.2) is 34.4 Å².